The molecule has 1 saturated carbocycles. The molecule has 1 fully saturated rings. The number of halogens is 1. The highest BCUT2D eigenvalue weighted by atomic mass is 127. The van der Waals surface area contributed by atoms with Gasteiger partial charge in [-0.1, -0.05) is 24.3 Å². The molecule has 162 valence electrons. The van der Waals surface area contributed by atoms with E-state index in [0.717, 1.165) is 51.4 Å². The highest BCUT2D eigenvalue weighted by Gasteiger charge is 2.30. The predicted molar refractivity (Wildman–Crippen MR) is 130 cm³/mol. The van der Waals surface area contributed by atoms with Crippen molar-refractivity contribution in [2.24, 2.45) is 10.9 Å². The van der Waals surface area contributed by atoms with Crippen LogP contribution in [0.2, 0.25) is 0 Å². The van der Waals surface area contributed by atoms with Crippen LogP contribution in [0.15, 0.2) is 29.3 Å². The molecule has 0 atom stereocenters. The molecule has 1 amide bonds. The Kier molecular flexibility index (Phi) is 9.20. The minimum atomic E-state index is -0.0178. The van der Waals surface area contributed by atoms with E-state index in [1.165, 1.54) is 11.1 Å². The van der Waals surface area contributed by atoms with Crippen LogP contribution in [-0.4, -0.2) is 55.0 Å². The van der Waals surface area contributed by atoms with Crippen molar-refractivity contribution in [2.45, 2.75) is 52.1 Å². The molecule has 1 heterocycles. The molecule has 1 aliphatic heterocycles. The maximum absolute atomic E-state index is 11.7. The molecule has 1 aromatic rings. The molecule has 7 heteroatoms. The van der Waals surface area contributed by atoms with Crippen molar-refractivity contribution in [3.8, 4) is 0 Å². The second-order valence-corrected chi connectivity index (χ2v) is 8.44. The van der Waals surface area contributed by atoms with Crippen LogP contribution in [0, 0.1) is 5.92 Å². The number of hydrogen-bond donors (Lipinski definition) is 3. The first-order valence-corrected chi connectivity index (χ1v) is 10.6. The SMILES string of the molecule is CCNC(=NCC(C)(C)N1CCc2ccccc2C1)NCCNC(=O)C1CC1.I. The maximum atomic E-state index is 11.7. The highest BCUT2D eigenvalue weighted by molar-refractivity contribution is 14.0. The fraction of sp³-hybridized carbons (Fsp3) is 0.636. The molecule has 2 aliphatic rings. The summed E-state index contributed by atoms with van der Waals surface area (Å²) in [7, 11) is 0. The quantitative estimate of drug-likeness (QED) is 0.216. The number of carbonyl (C=O) groups is 1. The van der Waals surface area contributed by atoms with E-state index in [1.807, 2.05) is 0 Å². The Morgan fingerprint density at radius 2 is 1.83 bits per heavy atom. The summed E-state index contributed by atoms with van der Waals surface area (Å²) in [6, 6.07) is 8.74. The molecule has 1 aliphatic carbocycles. The molecular formula is C22H36IN5O. The molecule has 1 aromatic carbocycles. The van der Waals surface area contributed by atoms with Gasteiger partial charge in [-0.3, -0.25) is 14.7 Å². The maximum Gasteiger partial charge on any atom is 0.223 e. The van der Waals surface area contributed by atoms with Crippen molar-refractivity contribution < 1.29 is 4.79 Å². The lowest BCUT2D eigenvalue weighted by molar-refractivity contribution is -0.122. The topological polar surface area (TPSA) is 68.8 Å². The van der Waals surface area contributed by atoms with Gasteiger partial charge in [0.15, 0.2) is 5.96 Å². The fourth-order valence-electron chi connectivity index (χ4n) is 3.58. The Morgan fingerprint density at radius 1 is 1.14 bits per heavy atom. The molecule has 0 spiro atoms. The Hall–Kier alpha value is -1.35. The molecule has 6 nitrogen and oxygen atoms in total. The third-order valence-electron chi connectivity index (χ3n) is 5.62. The lowest BCUT2D eigenvalue weighted by atomic mass is 9.94. The van der Waals surface area contributed by atoms with Gasteiger partial charge in [0, 0.05) is 44.2 Å². The minimum absolute atomic E-state index is 0. The van der Waals surface area contributed by atoms with Crippen LogP contribution in [0.4, 0.5) is 0 Å². The van der Waals surface area contributed by atoms with Crippen molar-refractivity contribution >= 4 is 35.8 Å². The number of nitrogens with zero attached hydrogens (tertiary/aromatic N) is 2. The van der Waals surface area contributed by atoms with E-state index in [-0.39, 0.29) is 41.3 Å². The monoisotopic (exact) mass is 513 g/mol. The van der Waals surface area contributed by atoms with Crippen LogP contribution in [0.5, 0.6) is 0 Å². The Morgan fingerprint density at radius 3 is 2.52 bits per heavy atom. The van der Waals surface area contributed by atoms with E-state index < -0.39 is 0 Å². The van der Waals surface area contributed by atoms with Gasteiger partial charge in [0.05, 0.1) is 6.54 Å². The summed E-state index contributed by atoms with van der Waals surface area (Å²) >= 11 is 0. The number of nitrogens with one attached hydrogen (secondary N) is 3. The lowest BCUT2D eigenvalue weighted by Crippen LogP contribution is -2.49. The van der Waals surface area contributed by atoms with Gasteiger partial charge in [0.1, 0.15) is 0 Å². The van der Waals surface area contributed by atoms with Gasteiger partial charge in [0.25, 0.3) is 0 Å². The van der Waals surface area contributed by atoms with Crippen molar-refractivity contribution in [3.05, 3.63) is 35.4 Å². The van der Waals surface area contributed by atoms with Crippen LogP contribution in [0.25, 0.3) is 0 Å². The summed E-state index contributed by atoms with van der Waals surface area (Å²) in [5, 5.41) is 9.62. The average Bonchev–Trinajstić information content (AvgIpc) is 3.54. The van der Waals surface area contributed by atoms with Gasteiger partial charge in [-0.15, -0.1) is 24.0 Å². The normalized spacial score (nSPS) is 17.1. The predicted octanol–water partition coefficient (Wildman–Crippen LogP) is 2.52. The number of amides is 1. The van der Waals surface area contributed by atoms with Crippen LogP contribution in [-0.2, 0) is 17.8 Å². The Bertz CT molecular complexity index is 702. The van der Waals surface area contributed by atoms with E-state index in [2.05, 4.69) is 65.9 Å². The van der Waals surface area contributed by atoms with Crippen molar-refractivity contribution in [1.82, 2.24) is 20.9 Å². The summed E-state index contributed by atoms with van der Waals surface area (Å²) in [6.45, 7) is 11.5. The van der Waals surface area contributed by atoms with Crippen LogP contribution in [0.3, 0.4) is 0 Å². The summed E-state index contributed by atoms with van der Waals surface area (Å²) < 4.78 is 0. The second-order valence-electron chi connectivity index (χ2n) is 8.44. The van der Waals surface area contributed by atoms with Crippen molar-refractivity contribution in [3.63, 3.8) is 0 Å². The molecule has 0 aromatic heterocycles. The summed E-state index contributed by atoms with van der Waals surface area (Å²) in [5.41, 5.74) is 2.89. The largest absolute Gasteiger partial charge is 0.357 e. The first-order chi connectivity index (χ1) is 13.5. The zero-order chi connectivity index (χ0) is 20.0. The molecule has 3 rings (SSSR count). The molecule has 0 saturated heterocycles. The number of benzene rings is 1. The molecule has 0 unspecified atom stereocenters. The van der Waals surface area contributed by atoms with Crippen LogP contribution < -0.4 is 16.0 Å². The number of carbonyl (C=O) groups excluding carboxylic acids is 1. The average molecular weight is 513 g/mol. The molecular weight excluding hydrogens is 477 g/mol. The van der Waals surface area contributed by atoms with E-state index in [9.17, 15) is 4.79 Å². The number of rotatable bonds is 8. The number of hydrogen-bond acceptors (Lipinski definition) is 3. The molecule has 0 radical (unpaired) electrons. The zero-order valence-corrected chi connectivity index (χ0v) is 20.3. The summed E-state index contributed by atoms with van der Waals surface area (Å²) in [4.78, 5) is 19.1. The smallest absolute Gasteiger partial charge is 0.223 e. The van der Waals surface area contributed by atoms with E-state index in [4.69, 9.17) is 4.99 Å². The summed E-state index contributed by atoms with van der Waals surface area (Å²) in [6.07, 6.45) is 3.18. The number of fused-ring (bicyclic) bond motifs is 1. The Balaban J connectivity index is 0.00000300. The van der Waals surface area contributed by atoms with Crippen LogP contribution >= 0.6 is 24.0 Å². The second kappa shape index (κ2) is 11.2. The molecule has 29 heavy (non-hydrogen) atoms. The third-order valence-corrected chi connectivity index (χ3v) is 5.62. The van der Waals surface area contributed by atoms with E-state index in [0.29, 0.717) is 13.1 Å². The van der Waals surface area contributed by atoms with Gasteiger partial charge in [0.2, 0.25) is 5.91 Å². The Labute approximate surface area is 192 Å². The standard InChI is InChI=1S/C22H35N5O.HI/c1-4-23-21(25-13-12-24-20(28)18-9-10-18)26-16-22(2,3)27-14-11-17-7-5-6-8-19(17)15-27;/h5-8,18H,4,9-16H2,1-3H3,(H,24,28)(H2,23,25,26);1H. The first kappa shape index (κ1) is 23.9. The van der Waals surface area contributed by atoms with Crippen LogP contribution in [0.1, 0.15) is 44.7 Å². The first-order valence-electron chi connectivity index (χ1n) is 10.6. The van der Waals surface area contributed by atoms with Crippen molar-refractivity contribution in [2.75, 3.05) is 32.7 Å². The third kappa shape index (κ3) is 7.13. The van der Waals surface area contributed by atoms with Crippen molar-refractivity contribution in [1.29, 1.82) is 0 Å². The van der Waals surface area contributed by atoms with E-state index >= 15 is 0 Å². The molecule has 0 bridgehead atoms. The highest BCUT2D eigenvalue weighted by Crippen LogP contribution is 2.28. The molecule has 3 N–H and O–H groups in total. The number of aliphatic imine (C=N–C) groups is 1. The van der Waals surface area contributed by atoms with E-state index in [1.54, 1.807) is 0 Å². The zero-order valence-electron chi connectivity index (χ0n) is 18.0. The lowest BCUT2D eigenvalue weighted by Gasteiger charge is -2.40. The van der Waals surface area contributed by atoms with Gasteiger partial charge in [-0.25, -0.2) is 0 Å². The number of guanidine groups is 1. The van der Waals surface area contributed by atoms with Gasteiger partial charge in [-0.2, -0.15) is 0 Å². The van der Waals surface area contributed by atoms with Gasteiger partial charge >= 0.3 is 0 Å². The minimum Gasteiger partial charge on any atom is -0.357 e. The van der Waals surface area contributed by atoms with Gasteiger partial charge in [-0.05, 0) is 51.2 Å². The fourth-order valence-corrected chi connectivity index (χ4v) is 3.58. The van der Waals surface area contributed by atoms with Gasteiger partial charge < -0.3 is 16.0 Å². The summed E-state index contributed by atoms with van der Waals surface area (Å²) in [5.74, 6) is 1.27.